The second-order valence-corrected chi connectivity index (χ2v) is 2.31. The lowest BCUT2D eigenvalue weighted by atomic mass is 10.2. The summed E-state index contributed by atoms with van der Waals surface area (Å²) in [5.41, 5.74) is 1.69. The molecule has 0 saturated carbocycles. The van der Waals surface area contributed by atoms with Crippen LogP contribution in [-0.4, -0.2) is 4.98 Å². The van der Waals surface area contributed by atoms with E-state index in [0.29, 0.717) is 5.56 Å². The predicted molar refractivity (Wildman–Crippen MR) is 41.8 cm³/mol. The van der Waals surface area contributed by atoms with E-state index >= 15 is 0 Å². The second kappa shape index (κ2) is 2.14. The van der Waals surface area contributed by atoms with Crippen LogP contribution in [0, 0.1) is 17.4 Å². The molecule has 0 spiro atoms. The molecule has 2 heteroatoms. The highest BCUT2D eigenvalue weighted by molar-refractivity contribution is 5.79. The largest absolute Gasteiger partial charge is 0.361 e. The van der Waals surface area contributed by atoms with Gasteiger partial charge in [0.1, 0.15) is 0 Å². The zero-order valence-corrected chi connectivity index (χ0v) is 5.76. The molecule has 1 N–H and O–H groups in total. The number of rotatable bonds is 0. The Morgan fingerprint density at radius 3 is 3.18 bits per heavy atom. The maximum atomic E-state index is 8.56. The van der Waals surface area contributed by atoms with Gasteiger partial charge >= 0.3 is 0 Å². The quantitative estimate of drug-likeness (QED) is 0.597. The van der Waals surface area contributed by atoms with Gasteiger partial charge in [0.15, 0.2) is 0 Å². The summed E-state index contributed by atoms with van der Waals surface area (Å²) in [6.07, 6.45) is 1.74. The molecule has 0 saturated heterocycles. The fraction of sp³-hybridized carbons (Fsp3) is 0. The lowest BCUT2D eigenvalue weighted by molar-refractivity contribution is 1.46. The van der Waals surface area contributed by atoms with Gasteiger partial charge in [-0.1, -0.05) is 0 Å². The molecule has 2 nitrogen and oxygen atoms in total. The van der Waals surface area contributed by atoms with Gasteiger partial charge in [0.2, 0.25) is 0 Å². The monoisotopic (exact) mass is 141 g/mol. The van der Waals surface area contributed by atoms with E-state index in [2.05, 4.69) is 17.1 Å². The summed E-state index contributed by atoms with van der Waals surface area (Å²) in [7, 11) is 0. The zero-order chi connectivity index (χ0) is 7.68. The van der Waals surface area contributed by atoms with Gasteiger partial charge in [0, 0.05) is 23.2 Å². The van der Waals surface area contributed by atoms with Gasteiger partial charge in [-0.3, -0.25) is 0 Å². The minimum atomic E-state index is 0.674. The maximum Gasteiger partial charge on any atom is 0.0991 e. The molecule has 1 aromatic heterocycles. The van der Waals surface area contributed by atoms with E-state index in [1.165, 1.54) is 0 Å². The van der Waals surface area contributed by atoms with Crippen LogP contribution in [0.3, 0.4) is 0 Å². The Kier molecular flexibility index (Phi) is 1.16. The van der Waals surface area contributed by atoms with Crippen molar-refractivity contribution in [2.45, 2.75) is 0 Å². The summed E-state index contributed by atoms with van der Waals surface area (Å²) in [6, 6.07) is 10.5. The molecule has 0 aliphatic rings. The van der Waals surface area contributed by atoms with E-state index in [-0.39, 0.29) is 0 Å². The van der Waals surface area contributed by atoms with E-state index in [4.69, 9.17) is 5.26 Å². The molecular weight excluding hydrogens is 136 g/mol. The molecule has 2 rings (SSSR count). The topological polar surface area (TPSA) is 39.6 Å². The van der Waals surface area contributed by atoms with Crippen LogP contribution in [-0.2, 0) is 0 Å². The normalized spacial score (nSPS) is 9.73. The minimum Gasteiger partial charge on any atom is -0.361 e. The number of hydrogen-bond donors (Lipinski definition) is 1. The molecule has 1 radical (unpaired) electrons. The van der Waals surface area contributed by atoms with Gasteiger partial charge in [0.25, 0.3) is 0 Å². The molecular formula is C9H5N2. The average molecular weight is 141 g/mol. The number of hydrogen-bond acceptors (Lipinski definition) is 1. The van der Waals surface area contributed by atoms with Crippen molar-refractivity contribution in [2.24, 2.45) is 0 Å². The first-order valence-corrected chi connectivity index (χ1v) is 3.29. The fourth-order valence-corrected chi connectivity index (χ4v) is 1.05. The van der Waals surface area contributed by atoms with Crippen LogP contribution in [0.1, 0.15) is 5.56 Å². The number of nitriles is 1. The lowest BCUT2D eigenvalue weighted by Crippen LogP contribution is -1.72. The molecule has 0 bridgehead atoms. The number of nitrogens with zero attached hydrogens (tertiary/aromatic N) is 1. The van der Waals surface area contributed by atoms with Crippen LogP contribution in [0.4, 0.5) is 0 Å². The van der Waals surface area contributed by atoms with Crippen LogP contribution in [0.5, 0.6) is 0 Å². The van der Waals surface area contributed by atoms with Crippen LogP contribution in [0.15, 0.2) is 24.4 Å². The van der Waals surface area contributed by atoms with Crippen molar-refractivity contribution in [2.75, 3.05) is 0 Å². The molecule has 1 heterocycles. The van der Waals surface area contributed by atoms with Crippen LogP contribution in [0.25, 0.3) is 10.9 Å². The standard InChI is InChI=1S/C9H5N2/c10-6-7-1-2-9-8(5-7)3-4-11-9/h1-2,4-5,11H. The van der Waals surface area contributed by atoms with Crippen molar-refractivity contribution >= 4 is 10.9 Å². The summed E-state index contributed by atoms with van der Waals surface area (Å²) >= 11 is 0. The summed E-state index contributed by atoms with van der Waals surface area (Å²) in [6.45, 7) is 0. The number of nitrogens with one attached hydrogen (secondary N) is 1. The Balaban J connectivity index is 2.79. The maximum absolute atomic E-state index is 8.56. The summed E-state index contributed by atoms with van der Waals surface area (Å²) in [5, 5.41) is 9.52. The van der Waals surface area contributed by atoms with Crippen molar-refractivity contribution in [1.29, 1.82) is 5.26 Å². The number of fused-ring (bicyclic) bond motifs is 1. The third-order valence-corrected chi connectivity index (χ3v) is 1.60. The van der Waals surface area contributed by atoms with Crippen molar-refractivity contribution < 1.29 is 0 Å². The third-order valence-electron chi connectivity index (χ3n) is 1.60. The highest BCUT2D eigenvalue weighted by atomic mass is 14.7. The smallest absolute Gasteiger partial charge is 0.0991 e. The van der Waals surface area contributed by atoms with Crippen molar-refractivity contribution in [3.05, 3.63) is 36.0 Å². The first-order valence-electron chi connectivity index (χ1n) is 3.29. The molecule has 0 fully saturated rings. The Bertz CT molecular complexity index is 420. The van der Waals surface area contributed by atoms with Gasteiger partial charge < -0.3 is 4.98 Å². The Labute approximate surface area is 64.1 Å². The Hall–Kier alpha value is -1.75. The molecule has 0 aliphatic carbocycles. The van der Waals surface area contributed by atoms with Gasteiger partial charge in [0.05, 0.1) is 11.6 Å². The molecule has 1 aromatic carbocycles. The number of aromatic nitrogens is 1. The number of aromatic amines is 1. The van der Waals surface area contributed by atoms with Crippen LogP contribution >= 0.6 is 0 Å². The third kappa shape index (κ3) is 0.870. The molecule has 2 aromatic rings. The van der Waals surface area contributed by atoms with E-state index in [1.807, 2.05) is 12.1 Å². The van der Waals surface area contributed by atoms with Crippen molar-refractivity contribution in [3.8, 4) is 6.07 Å². The van der Waals surface area contributed by atoms with Crippen molar-refractivity contribution in [1.82, 2.24) is 4.98 Å². The van der Waals surface area contributed by atoms with E-state index < -0.39 is 0 Å². The Morgan fingerprint density at radius 1 is 1.45 bits per heavy atom. The number of benzene rings is 1. The second-order valence-electron chi connectivity index (χ2n) is 2.31. The lowest BCUT2D eigenvalue weighted by Gasteiger charge is -1.88. The zero-order valence-electron chi connectivity index (χ0n) is 5.76. The molecule has 11 heavy (non-hydrogen) atoms. The molecule has 0 amide bonds. The van der Waals surface area contributed by atoms with Gasteiger partial charge in [-0.15, -0.1) is 0 Å². The number of H-pyrrole nitrogens is 1. The van der Waals surface area contributed by atoms with Crippen LogP contribution < -0.4 is 0 Å². The van der Waals surface area contributed by atoms with Gasteiger partial charge in [-0.05, 0) is 18.2 Å². The minimum absolute atomic E-state index is 0.674. The first-order chi connectivity index (χ1) is 5.40. The average Bonchev–Trinajstić information content (AvgIpc) is 2.50. The summed E-state index contributed by atoms with van der Waals surface area (Å²) in [5.74, 6) is 0. The van der Waals surface area contributed by atoms with E-state index in [9.17, 15) is 0 Å². The molecule has 0 unspecified atom stereocenters. The SMILES string of the molecule is N#Cc1ccc2[nH]c[c]c2c1. The predicted octanol–water partition coefficient (Wildman–Crippen LogP) is 1.84. The van der Waals surface area contributed by atoms with Gasteiger partial charge in [-0.25, -0.2) is 0 Å². The van der Waals surface area contributed by atoms with Crippen LogP contribution in [0.2, 0.25) is 0 Å². The highest BCUT2D eigenvalue weighted by Crippen LogP contribution is 2.12. The van der Waals surface area contributed by atoms with E-state index in [1.54, 1.807) is 12.3 Å². The molecule has 51 valence electrons. The Morgan fingerprint density at radius 2 is 2.36 bits per heavy atom. The first kappa shape index (κ1) is 5.99. The van der Waals surface area contributed by atoms with E-state index in [0.717, 1.165) is 10.9 Å². The highest BCUT2D eigenvalue weighted by Gasteiger charge is 1.94. The van der Waals surface area contributed by atoms with Crippen molar-refractivity contribution in [3.63, 3.8) is 0 Å². The molecule has 0 aliphatic heterocycles. The summed E-state index contributed by atoms with van der Waals surface area (Å²) < 4.78 is 0. The fourth-order valence-electron chi connectivity index (χ4n) is 1.05. The molecule has 0 atom stereocenters. The van der Waals surface area contributed by atoms with Gasteiger partial charge in [-0.2, -0.15) is 5.26 Å². The summed E-state index contributed by atoms with van der Waals surface area (Å²) in [4.78, 5) is 3.01.